The van der Waals surface area contributed by atoms with Crippen LogP contribution in [0.4, 0.5) is 0 Å². The fourth-order valence-corrected chi connectivity index (χ4v) is 4.05. The van der Waals surface area contributed by atoms with Gasteiger partial charge >= 0.3 is 0 Å². The standard InChI is InChI=1S/C14H17BrO3S/c15-12-6-8-13(9-7-12)19(17,18)10-14(16)11-4-2-1-3-5-11/h6-9,11H,1-5,10H2. The maximum Gasteiger partial charge on any atom is 0.185 e. The minimum Gasteiger partial charge on any atom is -0.298 e. The third kappa shape index (κ3) is 3.89. The van der Waals surface area contributed by atoms with Gasteiger partial charge in [-0.05, 0) is 37.1 Å². The van der Waals surface area contributed by atoms with Gasteiger partial charge in [-0.1, -0.05) is 35.2 Å². The molecule has 0 amide bonds. The van der Waals surface area contributed by atoms with Crippen molar-refractivity contribution in [3.63, 3.8) is 0 Å². The fourth-order valence-electron chi connectivity index (χ4n) is 2.45. The van der Waals surface area contributed by atoms with Gasteiger partial charge in [-0.25, -0.2) is 8.42 Å². The van der Waals surface area contributed by atoms with Gasteiger partial charge in [-0.15, -0.1) is 0 Å². The first-order valence-electron chi connectivity index (χ1n) is 6.50. The molecule has 3 nitrogen and oxygen atoms in total. The minimum absolute atomic E-state index is 0.0565. The van der Waals surface area contributed by atoms with Crippen molar-refractivity contribution in [3.8, 4) is 0 Å². The summed E-state index contributed by atoms with van der Waals surface area (Å²) in [6.07, 6.45) is 4.91. The zero-order chi connectivity index (χ0) is 13.9. The topological polar surface area (TPSA) is 51.2 Å². The van der Waals surface area contributed by atoms with Gasteiger partial charge in [-0.2, -0.15) is 0 Å². The van der Waals surface area contributed by atoms with Crippen LogP contribution < -0.4 is 0 Å². The summed E-state index contributed by atoms with van der Waals surface area (Å²) < 4.78 is 25.1. The van der Waals surface area contributed by atoms with Crippen molar-refractivity contribution < 1.29 is 13.2 Å². The van der Waals surface area contributed by atoms with Crippen LogP contribution in [0, 0.1) is 5.92 Å². The quantitative estimate of drug-likeness (QED) is 0.841. The minimum atomic E-state index is -3.50. The molecule has 1 aliphatic rings. The second-order valence-corrected chi connectivity index (χ2v) is 7.92. The Morgan fingerprint density at radius 1 is 1.11 bits per heavy atom. The van der Waals surface area contributed by atoms with E-state index in [1.165, 1.54) is 12.1 Å². The molecule has 0 aliphatic heterocycles. The van der Waals surface area contributed by atoms with Crippen LogP contribution in [0.25, 0.3) is 0 Å². The summed E-state index contributed by atoms with van der Waals surface area (Å²) in [4.78, 5) is 12.3. The van der Waals surface area contributed by atoms with Crippen molar-refractivity contribution in [1.29, 1.82) is 0 Å². The molecule has 0 spiro atoms. The van der Waals surface area contributed by atoms with Gasteiger partial charge < -0.3 is 0 Å². The summed E-state index contributed by atoms with van der Waals surface area (Å²) in [5, 5.41) is 0. The lowest BCUT2D eigenvalue weighted by molar-refractivity contribution is -0.121. The number of carbonyl (C=O) groups excluding carboxylic acids is 1. The third-order valence-electron chi connectivity index (χ3n) is 3.57. The number of halogens is 1. The van der Waals surface area contributed by atoms with E-state index < -0.39 is 9.84 Å². The van der Waals surface area contributed by atoms with Crippen molar-refractivity contribution in [3.05, 3.63) is 28.7 Å². The lowest BCUT2D eigenvalue weighted by atomic mass is 9.87. The van der Waals surface area contributed by atoms with Crippen molar-refractivity contribution >= 4 is 31.6 Å². The molecule has 0 unspecified atom stereocenters. The van der Waals surface area contributed by atoms with E-state index in [0.717, 1.165) is 36.6 Å². The average molecular weight is 345 g/mol. The van der Waals surface area contributed by atoms with Crippen molar-refractivity contribution in [2.24, 2.45) is 5.92 Å². The Labute approximate surface area is 122 Å². The molecule has 2 rings (SSSR count). The molecule has 1 fully saturated rings. The molecular formula is C14H17BrO3S. The first-order valence-corrected chi connectivity index (χ1v) is 8.94. The first-order chi connectivity index (χ1) is 8.99. The number of hydrogen-bond donors (Lipinski definition) is 0. The van der Waals surface area contributed by atoms with E-state index in [-0.39, 0.29) is 22.3 Å². The molecule has 5 heteroatoms. The molecule has 0 atom stereocenters. The van der Waals surface area contributed by atoms with Crippen LogP contribution in [0.15, 0.2) is 33.6 Å². The van der Waals surface area contributed by atoms with Gasteiger partial charge in [0.2, 0.25) is 0 Å². The summed E-state index contributed by atoms with van der Waals surface area (Å²) in [6, 6.07) is 6.43. The Morgan fingerprint density at radius 3 is 2.26 bits per heavy atom. The molecule has 0 heterocycles. The van der Waals surface area contributed by atoms with Crippen LogP contribution in [-0.4, -0.2) is 20.0 Å². The molecule has 1 aliphatic carbocycles. The number of carbonyl (C=O) groups is 1. The van der Waals surface area contributed by atoms with E-state index in [9.17, 15) is 13.2 Å². The summed E-state index contributed by atoms with van der Waals surface area (Å²) >= 11 is 3.26. The van der Waals surface area contributed by atoms with E-state index in [0.29, 0.717) is 0 Å². The van der Waals surface area contributed by atoms with E-state index in [2.05, 4.69) is 15.9 Å². The molecule has 0 aromatic heterocycles. The Hall–Kier alpha value is -0.680. The van der Waals surface area contributed by atoms with Gasteiger partial charge in [0.25, 0.3) is 0 Å². The normalized spacial score (nSPS) is 17.3. The monoisotopic (exact) mass is 344 g/mol. The largest absolute Gasteiger partial charge is 0.298 e. The zero-order valence-electron chi connectivity index (χ0n) is 10.6. The maximum atomic E-state index is 12.2. The second kappa shape index (κ2) is 6.18. The molecule has 0 radical (unpaired) electrons. The van der Waals surface area contributed by atoms with Crippen LogP contribution in [0.5, 0.6) is 0 Å². The number of rotatable bonds is 4. The van der Waals surface area contributed by atoms with Gasteiger partial charge in [0.05, 0.1) is 4.90 Å². The van der Waals surface area contributed by atoms with Gasteiger partial charge in [-0.3, -0.25) is 4.79 Å². The number of benzene rings is 1. The molecule has 0 bridgehead atoms. The number of Topliss-reactive ketones (excluding diaryl/α,β-unsaturated/α-hetero) is 1. The van der Waals surface area contributed by atoms with E-state index in [1.54, 1.807) is 12.1 Å². The summed E-state index contributed by atoms with van der Waals surface area (Å²) in [6.45, 7) is 0. The second-order valence-electron chi connectivity index (χ2n) is 5.01. The predicted molar refractivity (Wildman–Crippen MR) is 77.8 cm³/mol. The smallest absolute Gasteiger partial charge is 0.185 e. The summed E-state index contributed by atoms with van der Waals surface area (Å²) in [5.74, 6) is -0.541. The molecule has 0 saturated heterocycles. The highest BCUT2D eigenvalue weighted by Gasteiger charge is 2.26. The lowest BCUT2D eigenvalue weighted by Gasteiger charge is -2.20. The van der Waals surface area contributed by atoms with Crippen molar-refractivity contribution in [2.75, 3.05) is 5.75 Å². The number of sulfone groups is 1. The molecule has 1 aromatic rings. The maximum absolute atomic E-state index is 12.2. The van der Waals surface area contributed by atoms with Gasteiger partial charge in [0.1, 0.15) is 5.75 Å². The van der Waals surface area contributed by atoms with Crippen molar-refractivity contribution in [2.45, 2.75) is 37.0 Å². The molecule has 19 heavy (non-hydrogen) atoms. The molecule has 104 valence electrons. The van der Waals surface area contributed by atoms with Crippen LogP contribution in [0.1, 0.15) is 32.1 Å². The molecule has 1 saturated carbocycles. The summed E-state index contributed by atoms with van der Waals surface area (Å²) in [7, 11) is -3.50. The molecule has 1 aromatic carbocycles. The third-order valence-corrected chi connectivity index (χ3v) is 5.75. The highest BCUT2D eigenvalue weighted by Crippen LogP contribution is 2.25. The highest BCUT2D eigenvalue weighted by atomic mass is 79.9. The van der Waals surface area contributed by atoms with Crippen LogP contribution in [-0.2, 0) is 14.6 Å². The predicted octanol–water partition coefficient (Wildman–Crippen LogP) is 3.37. The SMILES string of the molecule is O=C(CS(=O)(=O)c1ccc(Br)cc1)C1CCCCC1. The molecule has 0 N–H and O–H groups in total. The van der Waals surface area contributed by atoms with Crippen LogP contribution >= 0.6 is 15.9 Å². The summed E-state index contributed by atoms with van der Waals surface area (Å²) in [5.41, 5.74) is 0. The fraction of sp³-hybridized carbons (Fsp3) is 0.500. The zero-order valence-corrected chi connectivity index (χ0v) is 13.0. The van der Waals surface area contributed by atoms with E-state index >= 15 is 0 Å². The van der Waals surface area contributed by atoms with Gasteiger partial charge in [0, 0.05) is 10.4 Å². The van der Waals surface area contributed by atoms with Crippen LogP contribution in [0.3, 0.4) is 0 Å². The lowest BCUT2D eigenvalue weighted by Crippen LogP contribution is -2.25. The first kappa shape index (κ1) is 14.7. The Kier molecular flexibility index (Phi) is 4.79. The Balaban J connectivity index is 2.08. The molecular weight excluding hydrogens is 328 g/mol. The van der Waals surface area contributed by atoms with Crippen molar-refractivity contribution in [1.82, 2.24) is 0 Å². The van der Waals surface area contributed by atoms with E-state index in [1.807, 2.05) is 0 Å². The highest BCUT2D eigenvalue weighted by molar-refractivity contribution is 9.10. The van der Waals surface area contributed by atoms with E-state index in [4.69, 9.17) is 0 Å². The average Bonchev–Trinajstić information content (AvgIpc) is 2.40. The Bertz CT molecular complexity index is 543. The Morgan fingerprint density at radius 2 is 1.68 bits per heavy atom. The van der Waals surface area contributed by atoms with Gasteiger partial charge in [0.15, 0.2) is 15.6 Å². The van der Waals surface area contributed by atoms with Crippen LogP contribution in [0.2, 0.25) is 0 Å². The number of ketones is 1. The number of hydrogen-bond acceptors (Lipinski definition) is 3.